The first-order valence-corrected chi connectivity index (χ1v) is 13.5. The number of hydrogen-bond donors (Lipinski definition) is 1. The van der Waals surface area contributed by atoms with Gasteiger partial charge >= 0.3 is 0 Å². The zero-order valence-corrected chi connectivity index (χ0v) is 21.9. The van der Waals surface area contributed by atoms with Crippen LogP contribution in [0.1, 0.15) is 56.0 Å². The SMILES string of the molecule is CC[C@H](C(=O)N[C@@H](C)CC)N(Cc1ccc(OC)cc1)C(=O)CCN1C(=O)c2ccccc2S1(=O)=O. The number of carbonyl (C=O) groups is 3. The van der Waals surface area contributed by atoms with Crippen LogP contribution in [0.15, 0.2) is 53.4 Å². The number of sulfonamides is 1. The fourth-order valence-electron chi connectivity index (χ4n) is 4.08. The van der Waals surface area contributed by atoms with Gasteiger partial charge in [-0.1, -0.05) is 38.1 Å². The van der Waals surface area contributed by atoms with Gasteiger partial charge in [0.25, 0.3) is 15.9 Å². The maximum atomic E-state index is 13.5. The van der Waals surface area contributed by atoms with Crippen LogP contribution in [0.5, 0.6) is 5.75 Å². The summed E-state index contributed by atoms with van der Waals surface area (Å²) in [6, 6.07) is 12.3. The molecule has 1 aliphatic rings. The van der Waals surface area contributed by atoms with Gasteiger partial charge in [0.2, 0.25) is 11.8 Å². The minimum Gasteiger partial charge on any atom is -0.497 e. The largest absolute Gasteiger partial charge is 0.497 e. The average molecular weight is 516 g/mol. The molecule has 0 radical (unpaired) electrons. The fraction of sp³-hybridized carbons (Fsp3) is 0.423. The van der Waals surface area contributed by atoms with Gasteiger partial charge in [-0.15, -0.1) is 0 Å². The van der Waals surface area contributed by atoms with Crippen LogP contribution in [0.25, 0.3) is 0 Å². The summed E-state index contributed by atoms with van der Waals surface area (Å²) < 4.78 is 31.7. The summed E-state index contributed by atoms with van der Waals surface area (Å²) in [5.74, 6) is -0.681. The molecule has 0 spiro atoms. The number of ether oxygens (including phenoxy) is 1. The van der Waals surface area contributed by atoms with Crippen molar-refractivity contribution < 1.29 is 27.5 Å². The van der Waals surface area contributed by atoms with E-state index in [4.69, 9.17) is 4.74 Å². The van der Waals surface area contributed by atoms with E-state index >= 15 is 0 Å². The minimum atomic E-state index is -4.03. The second-order valence-electron chi connectivity index (χ2n) is 8.74. The van der Waals surface area contributed by atoms with Crippen LogP contribution in [-0.2, 0) is 26.2 Å². The number of benzene rings is 2. The van der Waals surface area contributed by atoms with Crippen molar-refractivity contribution in [3.8, 4) is 5.75 Å². The maximum Gasteiger partial charge on any atom is 0.269 e. The quantitative estimate of drug-likeness (QED) is 0.492. The molecule has 2 aromatic rings. The van der Waals surface area contributed by atoms with Gasteiger partial charge < -0.3 is 15.0 Å². The molecule has 2 atom stereocenters. The van der Waals surface area contributed by atoms with Crippen LogP contribution in [0.3, 0.4) is 0 Å². The van der Waals surface area contributed by atoms with Crippen LogP contribution in [0.4, 0.5) is 0 Å². The van der Waals surface area contributed by atoms with E-state index in [1.807, 2.05) is 32.9 Å². The van der Waals surface area contributed by atoms with Gasteiger partial charge in [0.05, 0.1) is 12.7 Å². The van der Waals surface area contributed by atoms with Crippen molar-refractivity contribution in [1.29, 1.82) is 0 Å². The predicted molar refractivity (Wildman–Crippen MR) is 135 cm³/mol. The molecule has 1 aliphatic heterocycles. The molecule has 1 N–H and O–H groups in total. The van der Waals surface area contributed by atoms with E-state index in [9.17, 15) is 22.8 Å². The Balaban J connectivity index is 1.83. The van der Waals surface area contributed by atoms with E-state index in [2.05, 4.69) is 5.32 Å². The molecular weight excluding hydrogens is 482 g/mol. The number of fused-ring (bicyclic) bond motifs is 1. The van der Waals surface area contributed by atoms with Crippen LogP contribution >= 0.6 is 0 Å². The van der Waals surface area contributed by atoms with Crippen molar-refractivity contribution in [2.75, 3.05) is 13.7 Å². The third kappa shape index (κ3) is 5.70. The smallest absolute Gasteiger partial charge is 0.269 e. The lowest BCUT2D eigenvalue weighted by molar-refractivity contribution is -0.141. The second-order valence-corrected chi connectivity index (χ2v) is 10.6. The van der Waals surface area contributed by atoms with Crippen molar-refractivity contribution in [3.63, 3.8) is 0 Å². The Morgan fingerprint density at radius 3 is 2.31 bits per heavy atom. The third-order valence-corrected chi connectivity index (χ3v) is 8.18. The van der Waals surface area contributed by atoms with E-state index < -0.39 is 27.9 Å². The van der Waals surface area contributed by atoms with Gasteiger partial charge in [-0.3, -0.25) is 14.4 Å². The Hall–Kier alpha value is -3.40. The highest BCUT2D eigenvalue weighted by atomic mass is 32.2. The Labute approximate surface area is 212 Å². The molecule has 9 nitrogen and oxygen atoms in total. The van der Waals surface area contributed by atoms with Gasteiger partial charge in [0.15, 0.2) is 0 Å². The molecule has 36 heavy (non-hydrogen) atoms. The van der Waals surface area contributed by atoms with E-state index in [1.165, 1.54) is 17.0 Å². The highest BCUT2D eigenvalue weighted by Gasteiger charge is 2.41. The molecule has 3 amide bonds. The Morgan fingerprint density at radius 2 is 1.72 bits per heavy atom. The zero-order chi connectivity index (χ0) is 26.5. The molecule has 0 fully saturated rings. The molecule has 3 rings (SSSR count). The molecule has 2 aromatic carbocycles. The summed E-state index contributed by atoms with van der Waals surface area (Å²) in [5.41, 5.74) is 0.885. The van der Waals surface area contributed by atoms with E-state index in [-0.39, 0.29) is 41.9 Å². The highest BCUT2D eigenvalue weighted by molar-refractivity contribution is 7.90. The second kappa shape index (κ2) is 11.6. The number of hydrogen-bond acceptors (Lipinski definition) is 6. The minimum absolute atomic E-state index is 0.0584. The molecule has 0 saturated carbocycles. The summed E-state index contributed by atoms with van der Waals surface area (Å²) >= 11 is 0. The van der Waals surface area contributed by atoms with E-state index in [0.29, 0.717) is 12.2 Å². The standard InChI is InChI=1S/C26H33N3O6S/c1-5-18(3)27-25(31)22(6-2)28(17-19-11-13-20(35-4)14-12-19)24(30)15-16-29-26(32)21-9-7-8-10-23(21)36(29,33)34/h7-14,18,22H,5-6,15-17H2,1-4H3,(H,27,31)/t18-,22+/m0/s1. The topological polar surface area (TPSA) is 113 Å². The monoisotopic (exact) mass is 515 g/mol. The first-order chi connectivity index (χ1) is 17.1. The summed E-state index contributed by atoms with van der Waals surface area (Å²) in [6.45, 7) is 5.51. The summed E-state index contributed by atoms with van der Waals surface area (Å²) in [6.07, 6.45) is 0.864. The normalized spacial score (nSPS) is 15.7. The van der Waals surface area contributed by atoms with Crippen molar-refractivity contribution in [3.05, 3.63) is 59.7 Å². The maximum absolute atomic E-state index is 13.5. The number of nitrogens with zero attached hydrogens (tertiary/aromatic N) is 2. The molecule has 0 bridgehead atoms. The van der Waals surface area contributed by atoms with Gasteiger partial charge in [0.1, 0.15) is 16.7 Å². The van der Waals surface area contributed by atoms with Crippen LogP contribution in [0.2, 0.25) is 0 Å². The predicted octanol–water partition coefficient (Wildman–Crippen LogP) is 2.95. The number of amides is 3. The van der Waals surface area contributed by atoms with Crippen LogP contribution < -0.4 is 10.1 Å². The van der Waals surface area contributed by atoms with Gasteiger partial charge in [-0.05, 0) is 49.6 Å². The third-order valence-electron chi connectivity index (χ3n) is 6.34. The highest BCUT2D eigenvalue weighted by Crippen LogP contribution is 2.30. The molecule has 0 aromatic heterocycles. The summed E-state index contributed by atoms with van der Waals surface area (Å²) in [7, 11) is -2.47. The number of methoxy groups -OCH3 is 1. The first-order valence-electron chi connectivity index (χ1n) is 12.0. The fourth-order valence-corrected chi connectivity index (χ4v) is 5.65. The molecular formula is C26H33N3O6S. The van der Waals surface area contributed by atoms with Gasteiger partial charge in [-0.25, -0.2) is 12.7 Å². The lowest BCUT2D eigenvalue weighted by Gasteiger charge is -2.32. The molecule has 0 aliphatic carbocycles. The van der Waals surface area contributed by atoms with Crippen molar-refractivity contribution in [2.45, 2.75) is 63.6 Å². The van der Waals surface area contributed by atoms with Gasteiger partial charge in [-0.2, -0.15) is 0 Å². The molecule has 0 saturated heterocycles. The van der Waals surface area contributed by atoms with Crippen molar-refractivity contribution in [2.24, 2.45) is 0 Å². The van der Waals surface area contributed by atoms with E-state index in [0.717, 1.165) is 16.3 Å². The first kappa shape index (κ1) is 27.2. The van der Waals surface area contributed by atoms with E-state index in [1.54, 1.807) is 31.4 Å². The summed E-state index contributed by atoms with van der Waals surface area (Å²) in [5, 5.41) is 2.94. The average Bonchev–Trinajstić information content (AvgIpc) is 3.07. The molecule has 0 unspecified atom stereocenters. The lowest BCUT2D eigenvalue weighted by atomic mass is 10.1. The number of carbonyl (C=O) groups excluding carboxylic acids is 3. The molecule has 10 heteroatoms. The number of rotatable bonds is 11. The lowest BCUT2D eigenvalue weighted by Crippen LogP contribution is -2.51. The van der Waals surface area contributed by atoms with Crippen molar-refractivity contribution in [1.82, 2.24) is 14.5 Å². The zero-order valence-electron chi connectivity index (χ0n) is 21.1. The number of nitrogens with one attached hydrogen (secondary N) is 1. The summed E-state index contributed by atoms with van der Waals surface area (Å²) in [4.78, 5) is 40.7. The Bertz CT molecular complexity index is 1210. The Morgan fingerprint density at radius 1 is 1.06 bits per heavy atom. The molecule has 194 valence electrons. The van der Waals surface area contributed by atoms with Gasteiger partial charge in [0, 0.05) is 25.6 Å². The Kier molecular flexibility index (Phi) is 8.73. The van der Waals surface area contributed by atoms with Crippen LogP contribution in [-0.4, -0.2) is 61.1 Å². The van der Waals surface area contributed by atoms with Crippen LogP contribution in [0, 0.1) is 0 Å². The van der Waals surface area contributed by atoms with Crippen molar-refractivity contribution >= 4 is 27.7 Å². The molecule has 1 heterocycles.